The summed E-state index contributed by atoms with van der Waals surface area (Å²) in [6, 6.07) is 0. The number of nitrogens with one attached hydrogen (secondary N) is 1. The van der Waals surface area contributed by atoms with E-state index in [2.05, 4.69) is 33.0 Å². The summed E-state index contributed by atoms with van der Waals surface area (Å²) in [4.78, 5) is 33.6. The maximum absolute atomic E-state index is 14.6. The molecule has 10 nitrogen and oxygen atoms in total. The molecule has 0 aromatic rings. The Morgan fingerprint density at radius 3 is 1.38 bits per heavy atom. The zero-order valence-electron chi connectivity index (χ0n) is 40.1. The predicted molar refractivity (Wildman–Crippen MR) is 228 cm³/mol. The van der Waals surface area contributed by atoms with Crippen LogP contribution in [-0.2, 0) is 14.4 Å². The van der Waals surface area contributed by atoms with Gasteiger partial charge >= 0.3 is 35.5 Å². The number of fused-ring (bicyclic) bond motifs is 10. The molecule has 0 spiro atoms. The van der Waals surface area contributed by atoms with Crippen LogP contribution in [0.25, 0.3) is 0 Å². The molecule has 0 saturated heterocycles. The Labute approximate surface area is 405 Å². The fourth-order valence-corrected chi connectivity index (χ4v) is 17.8. The van der Waals surface area contributed by atoms with Gasteiger partial charge in [0.1, 0.15) is 12.2 Å². The molecular formula is C50H78F4NNaO9. The Kier molecular flexibility index (Phi) is 15.8. The summed E-state index contributed by atoms with van der Waals surface area (Å²) >= 11 is 0. The number of aliphatic carboxylic acids is 2. The van der Waals surface area contributed by atoms with Crippen LogP contribution < -0.4 is 40.0 Å². The molecule has 0 bridgehead atoms. The largest absolute Gasteiger partial charge is 1.00 e. The topological polar surface area (TPSA) is 187 Å². The van der Waals surface area contributed by atoms with Crippen LogP contribution >= 0.6 is 0 Å². The van der Waals surface area contributed by atoms with Crippen LogP contribution in [-0.4, -0.2) is 86.2 Å². The summed E-state index contributed by atoms with van der Waals surface area (Å²) in [7, 11) is 0. The first kappa shape index (κ1) is 53.3. The second-order valence-corrected chi connectivity index (χ2v) is 24.0. The van der Waals surface area contributed by atoms with Crippen molar-refractivity contribution in [2.45, 2.75) is 193 Å². The van der Waals surface area contributed by atoms with E-state index in [9.17, 15) is 57.5 Å². The van der Waals surface area contributed by atoms with E-state index in [4.69, 9.17) is 5.11 Å². The second kappa shape index (κ2) is 19.3. The molecule has 0 heterocycles. The van der Waals surface area contributed by atoms with Crippen molar-refractivity contribution in [3.05, 3.63) is 0 Å². The number of aliphatic hydroxyl groups excluding tert-OH is 4. The molecular weight excluding hydrogens is 858 g/mol. The van der Waals surface area contributed by atoms with Crippen molar-refractivity contribution in [1.29, 1.82) is 0 Å². The van der Waals surface area contributed by atoms with Gasteiger partial charge in [-0.1, -0.05) is 41.5 Å². The van der Waals surface area contributed by atoms with Gasteiger partial charge in [0.2, 0.25) is 5.91 Å². The molecule has 8 fully saturated rings. The SMILES string of the molecule is C[C@H](CCC(=O)NCC(=O)[O-])[C@H]1CCC2C3C(CC[C@@]21C)[C@@]1(C)CC(F)(F)[C@H](O)C[C@H]1C[C@@H]3O.C[C@H](CCC(=O)O)[C@H]1CCC2C3C(CC[C@@]21C)[C@@]1(C)CC(F)(F)[C@H](O)C[C@H]1C[C@@H]3O.[Na+]. The maximum Gasteiger partial charge on any atom is 1.00 e. The number of amides is 1. The molecule has 0 aromatic carbocycles. The average Bonchev–Trinajstić information content (AvgIpc) is 3.74. The van der Waals surface area contributed by atoms with Gasteiger partial charge in [0.25, 0.3) is 11.8 Å². The van der Waals surface area contributed by atoms with Crippen molar-refractivity contribution < 1.29 is 92.1 Å². The molecule has 0 aromatic heterocycles. The molecule has 8 saturated carbocycles. The number of rotatable bonds is 10. The number of carboxylic acids is 2. The van der Waals surface area contributed by atoms with E-state index >= 15 is 0 Å². The van der Waals surface area contributed by atoms with Crippen molar-refractivity contribution in [3.8, 4) is 0 Å². The number of hydrogen-bond acceptors (Lipinski definition) is 8. The number of halogens is 4. The molecule has 0 radical (unpaired) electrons. The first-order valence-electron chi connectivity index (χ1n) is 24.9. The van der Waals surface area contributed by atoms with Crippen LogP contribution in [0.3, 0.4) is 0 Å². The fraction of sp³-hybridized carbons (Fsp3) is 0.940. The third-order valence-corrected chi connectivity index (χ3v) is 21.0. The zero-order valence-corrected chi connectivity index (χ0v) is 42.1. The predicted octanol–water partition coefficient (Wildman–Crippen LogP) is 4.23. The molecule has 8 rings (SSSR count). The van der Waals surface area contributed by atoms with Gasteiger partial charge in [-0.2, -0.15) is 0 Å². The van der Waals surface area contributed by atoms with E-state index in [1.54, 1.807) is 0 Å². The monoisotopic (exact) mass is 936 g/mol. The Balaban J connectivity index is 0.000000214. The first-order chi connectivity index (χ1) is 29.7. The van der Waals surface area contributed by atoms with Crippen LogP contribution in [0.15, 0.2) is 0 Å². The normalized spacial score (nSPS) is 47.5. The van der Waals surface area contributed by atoms with Crippen LogP contribution in [0, 0.1) is 92.7 Å². The number of alkyl halides is 4. The van der Waals surface area contributed by atoms with Crippen molar-refractivity contribution in [1.82, 2.24) is 5.32 Å². The summed E-state index contributed by atoms with van der Waals surface area (Å²) in [5, 5.41) is 64.4. The van der Waals surface area contributed by atoms with Gasteiger partial charge in [-0.15, -0.1) is 0 Å². The van der Waals surface area contributed by atoms with E-state index in [1.165, 1.54) is 0 Å². The van der Waals surface area contributed by atoms with Crippen LogP contribution in [0.1, 0.15) is 157 Å². The molecule has 1 amide bonds. The average molecular weight is 936 g/mol. The van der Waals surface area contributed by atoms with Gasteiger partial charge in [-0.25, -0.2) is 17.6 Å². The minimum atomic E-state index is -3.08. The molecule has 6 unspecified atom stereocenters. The van der Waals surface area contributed by atoms with E-state index in [0.29, 0.717) is 49.4 Å². The molecule has 15 heteroatoms. The second-order valence-electron chi connectivity index (χ2n) is 24.0. The quantitative estimate of drug-likeness (QED) is 0.138. The van der Waals surface area contributed by atoms with E-state index < -0.39 is 65.6 Å². The minimum Gasteiger partial charge on any atom is -0.548 e. The minimum absolute atomic E-state index is 0. The molecule has 8 aliphatic carbocycles. The molecule has 366 valence electrons. The Morgan fingerprint density at radius 2 is 1.00 bits per heavy atom. The standard InChI is InChI=1S/C26H41F2NO5.C24H38F2O4.Na/c1-14(4-7-21(32)29-12-22(33)34)16-5-6-17-23-18(8-9-24(16,17)2)25(3)13-26(27,28)20(31)11-15(25)10-19(23)30;1-13(4-7-20(29)30)15-5-6-16-21-17(8-9-22(15,16)2)23(3)12-24(25,26)19(28)11-14(23)10-18(21)27;/h14-20,23,30-31H,4-13H2,1-3H3,(H,29,32)(H,33,34);13-19,21,27-28H,4-12H2,1-3H3,(H,29,30);/q;;+1/p-1/t14-,15-,16-,17?,18?,19+,20-,23?,24-,25+;13-,14-,15-,16?,17?,18+,19-,21?,22-,23+;/m11./s1. The van der Waals surface area contributed by atoms with E-state index in [0.717, 1.165) is 51.4 Å². The number of hydrogen-bond donors (Lipinski definition) is 6. The fourth-order valence-electron chi connectivity index (χ4n) is 17.8. The third-order valence-electron chi connectivity index (χ3n) is 21.0. The van der Waals surface area contributed by atoms with E-state index in [1.807, 2.05) is 13.8 Å². The molecule has 0 aliphatic heterocycles. The van der Waals surface area contributed by atoms with Crippen molar-refractivity contribution in [2.75, 3.05) is 6.54 Å². The maximum atomic E-state index is 14.6. The van der Waals surface area contributed by atoms with E-state index in [-0.39, 0.29) is 132 Å². The molecule has 20 atom stereocenters. The summed E-state index contributed by atoms with van der Waals surface area (Å²) < 4.78 is 58.4. The van der Waals surface area contributed by atoms with Gasteiger partial charge in [-0.05, 0) is 183 Å². The summed E-state index contributed by atoms with van der Waals surface area (Å²) in [5.41, 5.74) is -1.08. The molecule has 6 N–H and O–H groups in total. The van der Waals surface area contributed by atoms with Gasteiger partial charge < -0.3 is 40.8 Å². The van der Waals surface area contributed by atoms with Crippen LogP contribution in [0.2, 0.25) is 0 Å². The number of carbonyl (C=O) groups excluding carboxylic acids is 2. The van der Waals surface area contributed by atoms with Gasteiger partial charge in [0, 0.05) is 25.7 Å². The Bertz CT molecular complexity index is 1740. The number of carbonyl (C=O) groups is 3. The van der Waals surface area contributed by atoms with Crippen LogP contribution in [0.4, 0.5) is 17.6 Å². The Hall–Kier alpha value is -1.03. The number of aliphatic hydroxyl groups is 4. The van der Waals surface area contributed by atoms with Crippen molar-refractivity contribution in [3.63, 3.8) is 0 Å². The number of carboxylic acid groups (broad SMARTS) is 2. The summed E-state index contributed by atoms with van der Waals surface area (Å²) in [6.07, 6.45) is 5.61. The van der Waals surface area contributed by atoms with Gasteiger partial charge in [-0.3, -0.25) is 9.59 Å². The molecule has 65 heavy (non-hydrogen) atoms. The smallest absolute Gasteiger partial charge is 0.548 e. The summed E-state index contributed by atoms with van der Waals surface area (Å²) in [6.45, 7) is 12.4. The van der Waals surface area contributed by atoms with Crippen molar-refractivity contribution in [2.24, 2.45) is 92.7 Å². The van der Waals surface area contributed by atoms with Crippen molar-refractivity contribution >= 4 is 17.8 Å². The summed E-state index contributed by atoms with van der Waals surface area (Å²) in [5.74, 6) is -6.56. The van der Waals surface area contributed by atoms with Gasteiger partial charge in [0.15, 0.2) is 0 Å². The Morgan fingerprint density at radius 1 is 0.615 bits per heavy atom. The van der Waals surface area contributed by atoms with Gasteiger partial charge in [0.05, 0.1) is 24.7 Å². The third kappa shape index (κ3) is 9.62. The molecule has 8 aliphatic rings. The zero-order chi connectivity index (χ0) is 47.1. The first-order valence-corrected chi connectivity index (χ1v) is 24.9. The van der Waals surface area contributed by atoms with Crippen LogP contribution in [0.5, 0.6) is 0 Å².